The van der Waals surface area contributed by atoms with E-state index in [2.05, 4.69) is 4.98 Å². The molecule has 21 heavy (non-hydrogen) atoms. The summed E-state index contributed by atoms with van der Waals surface area (Å²) >= 11 is 0.973. The molecule has 0 aromatic carbocycles. The summed E-state index contributed by atoms with van der Waals surface area (Å²) in [6, 6.07) is 1.92. The highest BCUT2D eigenvalue weighted by molar-refractivity contribution is 7.20. The van der Waals surface area contributed by atoms with E-state index in [0.29, 0.717) is 29.2 Å². The van der Waals surface area contributed by atoms with Gasteiger partial charge in [-0.05, 0) is 12.5 Å². The molecular weight excluding hydrogens is 294 g/mol. The molecule has 0 radical (unpaired) electrons. The number of carbonyl (C=O) groups is 1. The van der Waals surface area contributed by atoms with Gasteiger partial charge in [-0.3, -0.25) is 9.36 Å². The van der Waals surface area contributed by atoms with Crippen LogP contribution >= 0.6 is 11.3 Å². The zero-order chi connectivity index (χ0) is 15.6. The van der Waals surface area contributed by atoms with Gasteiger partial charge < -0.3 is 9.84 Å². The van der Waals surface area contributed by atoms with Crippen molar-refractivity contribution in [1.82, 2.24) is 9.55 Å². The Morgan fingerprint density at radius 2 is 2.29 bits per heavy atom. The average Bonchev–Trinajstić information content (AvgIpc) is 2.77. The Morgan fingerprint density at radius 3 is 2.86 bits per heavy atom. The maximum absolute atomic E-state index is 12.5. The number of aromatic nitrogens is 2. The molecule has 0 fully saturated rings. The molecule has 0 unspecified atom stereocenters. The molecule has 0 aliphatic rings. The van der Waals surface area contributed by atoms with E-state index in [4.69, 9.17) is 15.1 Å². The van der Waals surface area contributed by atoms with Crippen LogP contribution in [0.3, 0.4) is 0 Å². The molecule has 1 N–H and O–H groups in total. The van der Waals surface area contributed by atoms with E-state index in [9.17, 15) is 9.59 Å². The van der Waals surface area contributed by atoms with Gasteiger partial charge in [-0.25, -0.2) is 9.78 Å². The highest BCUT2D eigenvalue weighted by Crippen LogP contribution is 2.27. The summed E-state index contributed by atoms with van der Waals surface area (Å²) in [6.07, 6.45) is 0.378. The highest BCUT2D eigenvalue weighted by atomic mass is 32.1. The molecule has 7 nitrogen and oxygen atoms in total. The fourth-order valence-electron chi connectivity index (χ4n) is 2.08. The minimum atomic E-state index is -1.08. The summed E-state index contributed by atoms with van der Waals surface area (Å²) in [5.74, 6) is -0.658. The van der Waals surface area contributed by atoms with Crippen molar-refractivity contribution in [2.45, 2.75) is 19.9 Å². The Kier molecular flexibility index (Phi) is 4.35. The van der Waals surface area contributed by atoms with Gasteiger partial charge in [-0.15, -0.1) is 11.3 Å². The fourth-order valence-corrected chi connectivity index (χ4v) is 3.11. The number of ether oxygens (including phenoxy) is 1. The third-order valence-electron chi connectivity index (χ3n) is 3.08. The van der Waals surface area contributed by atoms with Crippen molar-refractivity contribution in [3.8, 4) is 6.07 Å². The molecule has 0 atom stereocenters. The first-order valence-electron chi connectivity index (χ1n) is 6.13. The Balaban J connectivity index is 2.75. The van der Waals surface area contributed by atoms with Crippen LogP contribution in [0.1, 0.15) is 21.1 Å². The lowest BCUT2D eigenvalue weighted by molar-refractivity contribution is 0.0701. The molecule has 0 amide bonds. The van der Waals surface area contributed by atoms with E-state index >= 15 is 0 Å². The maximum atomic E-state index is 12.5. The van der Waals surface area contributed by atoms with Gasteiger partial charge in [0, 0.05) is 13.5 Å². The molecule has 0 aliphatic carbocycles. The molecule has 0 spiro atoms. The number of hydrogen-bond donors (Lipinski definition) is 1. The zero-order valence-corrected chi connectivity index (χ0v) is 12.4. The van der Waals surface area contributed by atoms with Crippen molar-refractivity contribution in [3.05, 3.63) is 26.6 Å². The first-order valence-corrected chi connectivity index (χ1v) is 6.94. The topological polar surface area (TPSA) is 105 Å². The number of hydrogen-bond acceptors (Lipinski definition) is 6. The Bertz CT molecular complexity index is 800. The number of carboxylic acids is 1. The van der Waals surface area contributed by atoms with Crippen molar-refractivity contribution in [3.63, 3.8) is 0 Å². The van der Waals surface area contributed by atoms with Crippen molar-refractivity contribution in [2.24, 2.45) is 0 Å². The van der Waals surface area contributed by atoms with E-state index in [1.165, 1.54) is 11.7 Å². The van der Waals surface area contributed by atoms with Crippen LogP contribution in [0.5, 0.6) is 0 Å². The summed E-state index contributed by atoms with van der Waals surface area (Å²) in [6.45, 7) is 1.81. The number of nitrogens with zero attached hydrogens (tertiary/aromatic N) is 3. The molecule has 0 bridgehead atoms. The third kappa shape index (κ3) is 2.66. The number of thiophene rings is 1. The average molecular weight is 307 g/mol. The lowest BCUT2D eigenvalue weighted by atomic mass is 10.2. The molecule has 2 rings (SSSR count). The quantitative estimate of drug-likeness (QED) is 0.889. The summed E-state index contributed by atoms with van der Waals surface area (Å²) < 4.78 is 6.24. The molecule has 2 aromatic rings. The molecule has 0 saturated heterocycles. The van der Waals surface area contributed by atoms with E-state index in [1.54, 1.807) is 6.92 Å². The summed E-state index contributed by atoms with van der Waals surface area (Å²) in [7, 11) is 1.53. The van der Waals surface area contributed by atoms with Crippen LogP contribution in [0.15, 0.2) is 4.79 Å². The number of carboxylic acid groups (broad SMARTS) is 1. The van der Waals surface area contributed by atoms with Crippen molar-refractivity contribution < 1.29 is 14.6 Å². The van der Waals surface area contributed by atoms with Crippen LogP contribution in [0.4, 0.5) is 0 Å². The normalized spacial score (nSPS) is 10.7. The predicted molar refractivity (Wildman–Crippen MR) is 76.8 cm³/mol. The van der Waals surface area contributed by atoms with Crippen molar-refractivity contribution in [2.75, 3.05) is 13.7 Å². The Labute approximate surface area is 124 Å². The molecular formula is C13H13N3O4S. The van der Waals surface area contributed by atoms with Crippen LogP contribution in [0.2, 0.25) is 0 Å². The van der Waals surface area contributed by atoms with Gasteiger partial charge in [-0.1, -0.05) is 0 Å². The van der Waals surface area contributed by atoms with Gasteiger partial charge in [0.15, 0.2) is 0 Å². The molecule has 110 valence electrons. The fraction of sp³-hybridized carbons (Fsp3) is 0.385. The summed E-state index contributed by atoms with van der Waals surface area (Å²) in [5.41, 5.74) is 0.0129. The number of rotatable bonds is 5. The standard InChI is InChI=1S/C13H13N3O4S/c1-7-9-11(21-10(7)13(18)19)15-8(3-6-20-2)16(5-4-14)12(9)17/h3,5-6H2,1-2H3,(H,18,19). The van der Waals surface area contributed by atoms with Crippen LogP contribution < -0.4 is 5.56 Å². The molecule has 2 aromatic heterocycles. The maximum Gasteiger partial charge on any atom is 0.346 e. The minimum absolute atomic E-state index is 0.0991. The van der Waals surface area contributed by atoms with Gasteiger partial charge >= 0.3 is 5.97 Å². The van der Waals surface area contributed by atoms with Crippen molar-refractivity contribution in [1.29, 1.82) is 5.26 Å². The second kappa shape index (κ2) is 6.03. The summed E-state index contributed by atoms with van der Waals surface area (Å²) in [5, 5.41) is 18.3. The van der Waals surface area contributed by atoms with Crippen LogP contribution in [-0.2, 0) is 17.7 Å². The predicted octanol–water partition coefficient (Wildman–Crippen LogP) is 1.18. The number of aromatic carboxylic acids is 1. The van der Waals surface area contributed by atoms with Gasteiger partial charge in [-0.2, -0.15) is 5.26 Å². The third-order valence-corrected chi connectivity index (χ3v) is 4.26. The first kappa shape index (κ1) is 15.2. The second-order valence-electron chi connectivity index (χ2n) is 4.36. The van der Waals surface area contributed by atoms with Crippen LogP contribution in [-0.4, -0.2) is 34.3 Å². The van der Waals surface area contributed by atoms with E-state index in [0.717, 1.165) is 11.3 Å². The lowest BCUT2D eigenvalue weighted by Crippen LogP contribution is -2.25. The Hall–Kier alpha value is -2.24. The van der Waals surface area contributed by atoms with E-state index in [1.807, 2.05) is 6.07 Å². The molecule has 2 heterocycles. The number of methoxy groups -OCH3 is 1. The second-order valence-corrected chi connectivity index (χ2v) is 5.36. The number of nitriles is 1. The van der Waals surface area contributed by atoms with Gasteiger partial charge in [0.05, 0.1) is 18.1 Å². The van der Waals surface area contributed by atoms with E-state index < -0.39 is 5.97 Å². The van der Waals surface area contributed by atoms with Gasteiger partial charge in [0.2, 0.25) is 0 Å². The molecule has 0 saturated carbocycles. The molecule has 0 aliphatic heterocycles. The van der Waals surface area contributed by atoms with Crippen LogP contribution in [0, 0.1) is 18.3 Å². The SMILES string of the molecule is COCCc1nc2sc(C(=O)O)c(C)c2c(=O)n1CC#N. The Morgan fingerprint density at radius 1 is 1.57 bits per heavy atom. The highest BCUT2D eigenvalue weighted by Gasteiger charge is 2.20. The largest absolute Gasteiger partial charge is 0.477 e. The smallest absolute Gasteiger partial charge is 0.346 e. The van der Waals surface area contributed by atoms with E-state index in [-0.39, 0.29) is 22.4 Å². The monoisotopic (exact) mass is 307 g/mol. The van der Waals surface area contributed by atoms with Gasteiger partial charge in [0.1, 0.15) is 22.1 Å². The minimum Gasteiger partial charge on any atom is -0.477 e. The van der Waals surface area contributed by atoms with Gasteiger partial charge in [0.25, 0.3) is 5.56 Å². The van der Waals surface area contributed by atoms with Crippen molar-refractivity contribution >= 4 is 27.5 Å². The number of aryl methyl sites for hydroxylation is 1. The molecule has 8 heteroatoms. The summed E-state index contributed by atoms with van der Waals surface area (Å²) in [4.78, 5) is 28.5. The first-order chi connectivity index (χ1) is 10.0. The zero-order valence-electron chi connectivity index (χ0n) is 11.5. The lowest BCUT2D eigenvalue weighted by Gasteiger charge is -2.08. The number of fused-ring (bicyclic) bond motifs is 1. The van der Waals surface area contributed by atoms with Crippen LogP contribution in [0.25, 0.3) is 10.2 Å².